The second-order valence-corrected chi connectivity index (χ2v) is 18.9. The predicted molar refractivity (Wildman–Crippen MR) is 295 cm³/mol. The quantitative estimate of drug-likeness (QED) is 0.0203. The van der Waals surface area contributed by atoms with Gasteiger partial charge in [0.05, 0.1) is 24.3 Å². The van der Waals surface area contributed by atoms with Gasteiger partial charge in [0.1, 0.15) is 34.5 Å². The average Bonchev–Trinajstić information content (AvgIpc) is 3.39. The minimum absolute atomic E-state index is 0.273. The third-order valence-corrected chi connectivity index (χ3v) is 12.6. The summed E-state index contributed by atoms with van der Waals surface area (Å²) in [7, 11) is 0. The summed E-state index contributed by atoms with van der Waals surface area (Å²) in [5, 5.41) is 1.51. The van der Waals surface area contributed by atoms with Gasteiger partial charge in [-0.2, -0.15) is 0 Å². The van der Waals surface area contributed by atoms with Crippen molar-refractivity contribution in [3.63, 3.8) is 0 Å². The molecule has 0 saturated carbocycles. The van der Waals surface area contributed by atoms with Crippen LogP contribution >= 0.6 is 0 Å². The van der Waals surface area contributed by atoms with Gasteiger partial charge in [-0.15, -0.1) is 0 Å². The number of rotatable bonds is 28. The fraction of sp³-hybridized carbons (Fsp3) is 0.344. The molecule has 6 aromatic carbocycles. The number of ether oxygens (including phenoxy) is 6. The van der Waals surface area contributed by atoms with Crippen LogP contribution in [0.25, 0.3) is 22.9 Å². The van der Waals surface area contributed by atoms with Gasteiger partial charge in [-0.1, -0.05) is 127 Å². The lowest BCUT2D eigenvalue weighted by Crippen LogP contribution is -2.12. The number of carbonyl (C=O) groups excluding carboxylic acids is 4. The number of hydrogen-bond donors (Lipinski definition) is 0. The van der Waals surface area contributed by atoms with Gasteiger partial charge in [0.15, 0.2) is 0 Å². The molecule has 0 aromatic heterocycles. The molecule has 388 valence electrons. The second-order valence-electron chi connectivity index (χ2n) is 18.9. The van der Waals surface area contributed by atoms with Crippen LogP contribution in [0.4, 0.5) is 0 Å². The minimum Gasteiger partial charge on any atom is -0.494 e. The predicted octanol–water partition coefficient (Wildman–Crippen LogP) is 16.2. The molecule has 10 heteroatoms. The molecule has 0 aliphatic carbocycles. The SMILES string of the molecule is CCCCCCCCCOc1ccc(/C=C(\C)C(=O)Oc2ccc(C(=O)Oc3ccc4ccc(OC(=O)c5ccc(OC(=O)/C(C)=C/c6ccc(OCCCCCCCCC)cc6)c(C)c5)cc4c3)cc2C)cc1. The van der Waals surface area contributed by atoms with Gasteiger partial charge in [0.2, 0.25) is 0 Å². The molecule has 0 unspecified atom stereocenters. The van der Waals surface area contributed by atoms with E-state index in [1.54, 1.807) is 113 Å². The van der Waals surface area contributed by atoms with Crippen LogP contribution in [0.15, 0.2) is 132 Å². The summed E-state index contributed by atoms with van der Waals surface area (Å²) in [6, 6.07) is 35.1. The number of fused-ring (bicyclic) bond motifs is 1. The van der Waals surface area contributed by atoms with E-state index >= 15 is 0 Å². The first-order chi connectivity index (χ1) is 35.9. The Hall–Kier alpha value is -7.46. The molecular weight excluding hydrogens is 929 g/mol. The zero-order valence-electron chi connectivity index (χ0n) is 44.1. The third kappa shape index (κ3) is 17.9. The number of aryl methyl sites for hydroxylation is 2. The van der Waals surface area contributed by atoms with E-state index in [0.717, 1.165) is 40.9 Å². The zero-order chi connectivity index (χ0) is 52.7. The molecule has 74 heavy (non-hydrogen) atoms. The van der Waals surface area contributed by atoms with Crippen LogP contribution in [0.1, 0.15) is 161 Å². The van der Waals surface area contributed by atoms with Gasteiger partial charge in [-0.25, -0.2) is 19.2 Å². The van der Waals surface area contributed by atoms with Crippen LogP contribution in [-0.4, -0.2) is 37.1 Å². The summed E-state index contributed by atoms with van der Waals surface area (Å²) in [6.45, 7) is 12.7. The van der Waals surface area contributed by atoms with Gasteiger partial charge in [-0.05, 0) is 171 Å². The summed E-state index contributed by atoms with van der Waals surface area (Å²) in [6.07, 6.45) is 20.7. The maximum Gasteiger partial charge on any atom is 0.343 e. The lowest BCUT2D eigenvalue weighted by Gasteiger charge is -2.11. The number of hydrogen-bond acceptors (Lipinski definition) is 10. The van der Waals surface area contributed by atoms with E-state index in [1.807, 2.05) is 48.5 Å². The molecule has 0 spiro atoms. The molecule has 0 amide bonds. The van der Waals surface area contributed by atoms with E-state index in [2.05, 4.69) is 13.8 Å². The van der Waals surface area contributed by atoms with Crippen molar-refractivity contribution >= 4 is 46.8 Å². The van der Waals surface area contributed by atoms with Crippen molar-refractivity contribution in [1.82, 2.24) is 0 Å². The van der Waals surface area contributed by atoms with Gasteiger partial charge in [-0.3, -0.25) is 0 Å². The Bertz CT molecular complexity index is 2680. The summed E-state index contributed by atoms with van der Waals surface area (Å²) >= 11 is 0. The normalized spacial score (nSPS) is 11.5. The third-order valence-electron chi connectivity index (χ3n) is 12.6. The van der Waals surface area contributed by atoms with Crippen LogP contribution in [0.5, 0.6) is 34.5 Å². The number of benzene rings is 6. The van der Waals surface area contributed by atoms with Crippen molar-refractivity contribution in [3.05, 3.63) is 166 Å². The molecule has 0 aliphatic heterocycles. The number of unbranched alkanes of at least 4 members (excludes halogenated alkanes) is 12. The van der Waals surface area contributed by atoms with E-state index in [1.165, 1.54) is 77.0 Å². The molecule has 0 aliphatic rings. The Balaban J connectivity index is 0.962. The maximum atomic E-state index is 13.3. The van der Waals surface area contributed by atoms with Crippen molar-refractivity contribution in [3.8, 4) is 34.5 Å². The van der Waals surface area contributed by atoms with Gasteiger partial charge >= 0.3 is 23.9 Å². The van der Waals surface area contributed by atoms with Gasteiger partial charge < -0.3 is 28.4 Å². The Morgan fingerprint density at radius 1 is 0.392 bits per heavy atom. The molecule has 0 N–H and O–H groups in total. The molecular formula is C64H72O10. The summed E-state index contributed by atoms with van der Waals surface area (Å²) in [4.78, 5) is 52.8. The molecule has 0 atom stereocenters. The fourth-order valence-corrected chi connectivity index (χ4v) is 8.24. The molecule has 0 fully saturated rings. The van der Waals surface area contributed by atoms with Crippen molar-refractivity contribution in [1.29, 1.82) is 0 Å². The highest BCUT2D eigenvalue weighted by atomic mass is 16.5. The van der Waals surface area contributed by atoms with Crippen LogP contribution < -0.4 is 28.4 Å². The Morgan fingerprint density at radius 3 is 1.14 bits per heavy atom. The molecule has 6 aromatic rings. The molecule has 10 nitrogen and oxygen atoms in total. The highest BCUT2D eigenvalue weighted by molar-refractivity contribution is 5.97. The van der Waals surface area contributed by atoms with Crippen LogP contribution in [0, 0.1) is 13.8 Å². The molecule has 0 saturated heterocycles. The Kier molecular flexibility index (Phi) is 22.1. The summed E-state index contributed by atoms with van der Waals surface area (Å²) in [5.41, 5.74) is 4.24. The van der Waals surface area contributed by atoms with Crippen molar-refractivity contribution in [2.75, 3.05) is 13.2 Å². The first-order valence-electron chi connectivity index (χ1n) is 26.3. The lowest BCUT2D eigenvalue weighted by atomic mass is 10.1. The topological polar surface area (TPSA) is 124 Å². The van der Waals surface area contributed by atoms with Gasteiger partial charge in [0, 0.05) is 11.1 Å². The van der Waals surface area contributed by atoms with Crippen molar-refractivity contribution < 1.29 is 47.6 Å². The molecule has 0 radical (unpaired) electrons. The summed E-state index contributed by atoms with van der Waals surface area (Å²) < 4.78 is 34.7. The monoisotopic (exact) mass is 1000 g/mol. The van der Waals surface area contributed by atoms with Crippen molar-refractivity contribution in [2.24, 2.45) is 0 Å². The highest BCUT2D eigenvalue weighted by Crippen LogP contribution is 2.29. The van der Waals surface area contributed by atoms with E-state index in [0.29, 0.717) is 52.4 Å². The Labute approximate surface area is 437 Å². The number of esters is 4. The smallest absolute Gasteiger partial charge is 0.343 e. The molecule has 0 heterocycles. The van der Waals surface area contributed by atoms with E-state index in [-0.39, 0.29) is 22.6 Å². The van der Waals surface area contributed by atoms with E-state index < -0.39 is 23.9 Å². The van der Waals surface area contributed by atoms with E-state index in [4.69, 9.17) is 28.4 Å². The lowest BCUT2D eigenvalue weighted by molar-refractivity contribution is -0.130. The second kappa shape index (κ2) is 29.3. The standard InChI is InChI=1S/C64H72O10/c1-7-9-11-13-15-17-19-37-69-55-29-21-49(22-30-55)39-47(5)61(65)73-59-35-27-52(41-45(59)3)63(67)71-57-33-25-51-26-34-58(44-54(51)43-57)72-64(68)53-28-36-60(46(4)42-53)74-62(66)48(6)40-50-23-31-56(32-24-50)70-38-20-18-16-14-12-10-8-2/h21-36,39-44H,7-20,37-38H2,1-6H3/b47-39+,48-40+. The molecule has 0 bridgehead atoms. The summed E-state index contributed by atoms with van der Waals surface area (Å²) in [5.74, 6) is 0.610. The first-order valence-corrected chi connectivity index (χ1v) is 26.3. The maximum absolute atomic E-state index is 13.3. The highest BCUT2D eigenvalue weighted by Gasteiger charge is 2.17. The van der Waals surface area contributed by atoms with Crippen molar-refractivity contribution in [2.45, 2.75) is 131 Å². The zero-order valence-corrected chi connectivity index (χ0v) is 44.1. The fourth-order valence-electron chi connectivity index (χ4n) is 8.24. The largest absolute Gasteiger partial charge is 0.494 e. The minimum atomic E-state index is -0.598. The van der Waals surface area contributed by atoms with Gasteiger partial charge in [0.25, 0.3) is 0 Å². The van der Waals surface area contributed by atoms with E-state index in [9.17, 15) is 19.2 Å². The Morgan fingerprint density at radius 2 is 0.757 bits per heavy atom. The van der Waals surface area contributed by atoms with Crippen LogP contribution in [0.2, 0.25) is 0 Å². The first kappa shape index (κ1) is 55.8. The molecule has 6 rings (SSSR count). The van der Waals surface area contributed by atoms with Crippen LogP contribution in [-0.2, 0) is 9.59 Å². The van der Waals surface area contributed by atoms with Crippen LogP contribution in [0.3, 0.4) is 0 Å². The average molecular weight is 1000 g/mol. The number of carbonyl (C=O) groups is 4.